The van der Waals surface area contributed by atoms with E-state index in [1.54, 1.807) is 4.90 Å². The Morgan fingerprint density at radius 1 is 0.470 bits per heavy atom. The van der Waals surface area contributed by atoms with Gasteiger partial charge < -0.3 is 19.6 Å². The van der Waals surface area contributed by atoms with Crippen LogP contribution < -0.4 is 19.6 Å². The molecule has 1 amide bonds. The van der Waals surface area contributed by atoms with Gasteiger partial charge in [-0.3, -0.25) is 9.59 Å². The number of benzene rings is 8. The number of carbonyl (C=O) groups is 2. The van der Waals surface area contributed by atoms with Crippen LogP contribution in [0.25, 0.3) is 0 Å². The summed E-state index contributed by atoms with van der Waals surface area (Å²) in [4.78, 5) is 36.2. The zero-order valence-electron chi connectivity index (χ0n) is 39.2. The second kappa shape index (κ2) is 19.6. The number of carbonyl (C=O) groups excluding carboxylic acids is 2. The summed E-state index contributed by atoms with van der Waals surface area (Å²) in [6.07, 6.45) is 0.829. The van der Waals surface area contributed by atoms with Gasteiger partial charge in [-0.25, -0.2) is 0 Å². The third-order valence-electron chi connectivity index (χ3n) is 12.5. The topological polar surface area (TPSA) is 47.1 Å². The summed E-state index contributed by atoms with van der Waals surface area (Å²) < 4.78 is 0. The van der Waals surface area contributed by atoms with Crippen LogP contribution in [0.1, 0.15) is 88.1 Å². The molecule has 0 N–H and O–H groups in total. The maximum atomic E-state index is 14.9. The van der Waals surface area contributed by atoms with Crippen molar-refractivity contribution < 1.29 is 9.59 Å². The number of hydrogen-bond donors (Lipinski definition) is 0. The molecule has 330 valence electrons. The van der Waals surface area contributed by atoms with Crippen LogP contribution in [0.4, 0.5) is 56.9 Å². The van der Waals surface area contributed by atoms with Gasteiger partial charge in [-0.1, -0.05) is 149 Å². The van der Waals surface area contributed by atoms with Gasteiger partial charge in [0.15, 0.2) is 6.29 Å². The molecule has 0 fully saturated rings. The Morgan fingerprint density at radius 3 is 1.38 bits per heavy atom. The number of hydrogen-bond acceptors (Lipinski definition) is 5. The fraction of sp³-hybridized carbons (Fsp3) is 0.167. The van der Waals surface area contributed by atoms with Crippen LogP contribution in [0.2, 0.25) is 0 Å². The van der Waals surface area contributed by atoms with Crippen molar-refractivity contribution in [1.82, 2.24) is 0 Å². The first-order valence-electron chi connectivity index (χ1n) is 22.8. The van der Waals surface area contributed by atoms with Gasteiger partial charge in [-0.2, -0.15) is 0 Å². The van der Waals surface area contributed by atoms with Crippen LogP contribution in [-0.4, -0.2) is 19.2 Å². The van der Waals surface area contributed by atoms with Crippen molar-refractivity contribution in [3.8, 4) is 0 Å². The number of rotatable bonds is 10. The highest BCUT2D eigenvalue weighted by Gasteiger charge is 2.35. The summed E-state index contributed by atoms with van der Waals surface area (Å²) in [6.45, 7) is 14.8. The summed E-state index contributed by atoms with van der Waals surface area (Å²) in [7, 11) is 1.84. The molecule has 0 aliphatic carbocycles. The molecule has 0 spiro atoms. The van der Waals surface area contributed by atoms with E-state index >= 15 is 0 Å². The number of aldehydes is 1. The number of para-hydroxylation sites is 9. The molecule has 0 radical (unpaired) electrons. The van der Waals surface area contributed by atoms with Crippen LogP contribution in [0.3, 0.4) is 0 Å². The average molecular weight is 867 g/mol. The Kier molecular flexibility index (Phi) is 13.3. The molecule has 0 atom stereocenters. The number of nitrogens with zero attached hydrogens (tertiary/aromatic N) is 4. The largest absolute Gasteiger partial charge is 0.311 e. The smallest absolute Gasteiger partial charge is 0.260 e. The van der Waals surface area contributed by atoms with E-state index < -0.39 is 0 Å². The molecule has 8 aromatic carbocycles. The maximum Gasteiger partial charge on any atom is 0.260 e. The Bertz CT molecular complexity index is 2880. The van der Waals surface area contributed by atoms with Gasteiger partial charge in [0, 0.05) is 35.4 Å². The normalized spacial score (nSPS) is 11.7. The summed E-state index contributed by atoms with van der Waals surface area (Å²) >= 11 is 0. The standard InChI is InChI=1S/C40H39N3O2.C20H19N/c1-26(2)30-17-14-18-31(27(3)4)39(30)41(6)40(45)38-32(25-44)28(5)23-24-37(38)43-35-21-12-10-19-33(35)42(29-15-8-7-9-16-29)34-20-11-13-22-36(34)43;1-16-10-6-8-14-19(16)21(18-12-4-3-5-13-18)20-15-9-7-11-17(20)2/h7-27H,1-6H3;3-15H,1-2H3. The second-order valence-corrected chi connectivity index (χ2v) is 17.5. The molecule has 8 aromatic rings. The predicted octanol–water partition coefficient (Wildman–Crippen LogP) is 16.4. The first kappa shape index (κ1) is 44.9. The average Bonchev–Trinajstić information content (AvgIpc) is 3.34. The van der Waals surface area contributed by atoms with E-state index in [4.69, 9.17) is 0 Å². The van der Waals surface area contributed by atoms with Crippen molar-refractivity contribution in [2.45, 2.75) is 60.3 Å². The van der Waals surface area contributed by atoms with Crippen molar-refractivity contribution in [3.05, 3.63) is 227 Å². The molecule has 1 aliphatic heterocycles. The third kappa shape index (κ3) is 8.62. The number of anilines is 10. The van der Waals surface area contributed by atoms with Gasteiger partial charge in [0.05, 0.1) is 39.7 Å². The molecular formula is C60H58N4O2. The van der Waals surface area contributed by atoms with Crippen molar-refractivity contribution in [2.75, 3.05) is 26.6 Å². The van der Waals surface area contributed by atoms with Gasteiger partial charge in [0.2, 0.25) is 0 Å². The Labute approximate surface area is 391 Å². The summed E-state index contributed by atoms with van der Waals surface area (Å²) in [5.74, 6) is 0.203. The molecule has 66 heavy (non-hydrogen) atoms. The molecule has 1 heterocycles. The fourth-order valence-corrected chi connectivity index (χ4v) is 9.12. The van der Waals surface area contributed by atoms with Crippen LogP contribution in [0.5, 0.6) is 0 Å². The molecule has 0 aromatic heterocycles. The van der Waals surface area contributed by atoms with Gasteiger partial charge in [0.25, 0.3) is 5.91 Å². The van der Waals surface area contributed by atoms with E-state index in [9.17, 15) is 9.59 Å². The number of aryl methyl sites for hydroxylation is 3. The first-order valence-corrected chi connectivity index (χ1v) is 22.8. The summed E-state index contributed by atoms with van der Waals surface area (Å²) in [5.41, 5.74) is 16.3. The van der Waals surface area contributed by atoms with Gasteiger partial charge in [-0.15, -0.1) is 0 Å². The lowest BCUT2D eigenvalue weighted by Crippen LogP contribution is -2.32. The lowest BCUT2D eigenvalue weighted by molar-refractivity contribution is 0.0986. The zero-order valence-corrected chi connectivity index (χ0v) is 39.2. The molecule has 0 saturated heterocycles. The molecule has 1 aliphatic rings. The quantitative estimate of drug-likeness (QED) is 0.128. The Hall–Kier alpha value is -7.70. The Balaban J connectivity index is 0.000000235. The van der Waals surface area contributed by atoms with Crippen molar-refractivity contribution in [3.63, 3.8) is 0 Å². The van der Waals surface area contributed by atoms with Gasteiger partial charge in [0.1, 0.15) is 0 Å². The summed E-state index contributed by atoms with van der Waals surface area (Å²) in [5, 5.41) is 0. The SMILES string of the molecule is Cc1ccc(N2c3ccccc3N(c3ccccc3)c3ccccc32)c(C(=O)N(C)c2c(C(C)C)cccc2C(C)C)c1C=O.Cc1ccccc1N(c1ccccc1)c1ccccc1C. The Morgan fingerprint density at radius 2 is 0.909 bits per heavy atom. The van der Waals surface area contributed by atoms with Crippen molar-refractivity contribution in [2.24, 2.45) is 0 Å². The molecule has 0 bridgehead atoms. The highest BCUT2D eigenvalue weighted by molar-refractivity contribution is 6.17. The van der Waals surface area contributed by atoms with E-state index in [1.165, 1.54) is 28.2 Å². The molecule has 0 saturated carbocycles. The van der Waals surface area contributed by atoms with E-state index in [2.05, 4.69) is 190 Å². The minimum Gasteiger partial charge on any atom is -0.311 e. The van der Waals surface area contributed by atoms with E-state index in [1.807, 2.05) is 68.6 Å². The van der Waals surface area contributed by atoms with Crippen LogP contribution in [0.15, 0.2) is 188 Å². The molecule has 6 nitrogen and oxygen atoms in total. The maximum absolute atomic E-state index is 14.9. The van der Waals surface area contributed by atoms with E-state index in [0.29, 0.717) is 16.8 Å². The first-order chi connectivity index (χ1) is 32.0. The number of fused-ring (bicyclic) bond motifs is 2. The monoisotopic (exact) mass is 866 g/mol. The number of amides is 1. The van der Waals surface area contributed by atoms with Crippen LogP contribution in [-0.2, 0) is 0 Å². The van der Waals surface area contributed by atoms with E-state index in [0.717, 1.165) is 57.1 Å². The third-order valence-corrected chi connectivity index (χ3v) is 12.5. The minimum absolute atomic E-state index is 0.210. The molecular weight excluding hydrogens is 809 g/mol. The van der Waals surface area contributed by atoms with Gasteiger partial charge >= 0.3 is 0 Å². The highest BCUT2D eigenvalue weighted by Crippen LogP contribution is 2.55. The fourth-order valence-electron chi connectivity index (χ4n) is 9.12. The van der Waals surface area contributed by atoms with E-state index in [-0.39, 0.29) is 17.7 Å². The molecule has 6 heteroatoms. The van der Waals surface area contributed by atoms with Gasteiger partial charge in [-0.05, 0) is 127 Å². The summed E-state index contributed by atoms with van der Waals surface area (Å²) in [6, 6.07) is 64.4. The molecule has 0 unspecified atom stereocenters. The minimum atomic E-state index is -0.216. The lowest BCUT2D eigenvalue weighted by atomic mass is 9.91. The second-order valence-electron chi connectivity index (χ2n) is 17.5. The predicted molar refractivity (Wildman–Crippen MR) is 277 cm³/mol. The van der Waals surface area contributed by atoms with Crippen LogP contribution >= 0.6 is 0 Å². The highest BCUT2D eigenvalue weighted by atomic mass is 16.2. The molecule has 9 rings (SSSR count). The lowest BCUT2D eigenvalue weighted by Gasteiger charge is -2.41. The van der Waals surface area contributed by atoms with Crippen molar-refractivity contribution >= 4 is 69.1 Å². The van der Waals surface area contributed by atoms with Crippen molar-refractivity contribution in [1.29, 1.82) is 0 Å². The van der Waals surface area contributed by atoms with Crippen LogP contribution in [0, 0.1) is 20.8 Å². The zero-order chi connectivity index (χ0) is 46.5.